The van der Waals surface area contributed by atoms with Crippen molar-refractivity contribution in [2.75, 3.05) is 20.2 Å². The molecule has 1 fully saturated rings. The molecule has 5 atom stereocenters. The van der Waals surface area contributed by atoms with E-state index in [-0.39, 0.29) is 0 Å². The fourth-order valence-electron chi connectivity index (χ4n) is 3.12. The second-order valence-electron chi connectivity index (χ2n) is 8.87. The first-order chi connectivity index (χ1) is 18.0. The number of amides is 1. The molecular formula is C20H32FN2O15P. The maximum Gasteiger partial charge on any atom is 0.510 e. The predicted molar refractivity (Wildman–Crippen MR) is 121 cm³/mol. The van der Waals surface area contributed by atoms with Crippen molar-refractivity contribution >= 4 is 26.0 Å². The third kappa shape index (κ3) is 8.97. The van der Waals surface area contributed by atoms with Crippen LogP contribution in [0.15, 0.2) is 12.3 Å². The summed E-state index contributed by atoms with van der Waals surface area (Å²) in [6, 6.07) is 0. The largest absolute Gasteiger partial charge is 0.510 e. The number of aliphatic hydroxyl groups is 3. The van der Waals surface area contributed by atoms with E-state index in [2.05, 4.69) is 14.8 Å². The lowest BCUT2D eigenvalue weighted by molar-refractivity contribution is -0.227. The minimum atomic E-state index is -4.95. The van der Waals surface area contributed by atoms with Gasteiger partial charge in [-0.15, -0.1) is 0 Å². The normalized spacial score (nSPS) is 28.9. The van der Waals surface area contributed by atoms with E-state index in [1.54, 1.807) is 0 Å². The number of aliphatic hydroxyl groups excluding tert-OH is 2. The van der Waals surface area contributed by atoms with Crippen LogP contribution in [0, 0.1) is 0 Å². The number of nitrogens with one attached hydrogen (secondary N) is 1. The average Bonchev–Trinajstić information content (AvgIpc) is 2.97. The van der Waals surface area contributed by atoms with E-state index in [9.17, 15) is 34.3 Å². The Labute approximate surface area is 222 Å². The smallest absolute Gasteiger partial charge is 0.432 e. The van der Waals surface area contributed by atoms with Crippen LogP contribution in [0.25, 0.3) is 0 Å². The van der Waals surface area contributed by atoms with Crippen LogP contribution >= 0.6 is 7.82 Å². The summed E-state index contributed by atoms with van der Waals surface area (Å²) in [6.45, 7) is 3.45. The highest BCUT2D eigenvalue weighted by molar-refractivity contribution is 7.48. The lowest BCUT2D eigenvalue weighted by atomic mass is 9.95. The molecule has 0 spiro atoms. The third-order valence-corrected chi connectivity index (χ3v) is 6.14. The van der Waals surface area contributed by atoms with Crippen molar-refractivity contribution in [2.45, 2.75) is 77.0 Å². The molecule has 224 valence electrons. The van der Waals surface area contributed by atoms with Crippen molar-refractivity contribution < 1.29 is 75.9 Å². The van der Waals surface area contributed by atoms with Crippen LogP contribution in [0.1, 0.15) is 34.6 Å². The Morgan fingerprint density at radius 2 is 1.62 bits per heavy atom. The zero-order chi connectivity index (χ0) is 29.6. The first-order valence-electron chi connectivity index (χ1n) is 11.4. The monoisotopic (exact) mass is 590 g/mol. The van der Waals surface area contributed by atoms with E-state index >= 15 is 4.39 Å². The van der Waals surface area contributed by atoms with Crippen LogP contribution in [0.2, 0.25) is 0 Å². The number of phosphoric acid groups is 1. The zero-order valence-corrected chi connectivity index (χ0v) is 22.6. The van der Waals surface area contributed by atoms with Crippen molar-refractivity contribution in [1.82, 2.24) is 10.2 Å². The molecule has 0 aromatic heterocycles. The Morgan fingerprint density at radius 3 is 2.08 bits per heavy atom. The molecule has 0 aromatic carbocycles. The number of carbonyl (C=O) groups excluding carboxylic acids is 3. The van der Waals surface area contributed by atoms with Crippen molar-refractivity contribution in [3.05, 3.63) is 12.3 Å². The molecule has 17 nitrogen and oxygen atoms in total. The molecule has 0 saturated carbocycles. The van der Waals surface area contributed by atoms with Gasteiger partial charge in [0.2, 0.25) is 25.8 Å². The number of carbonyl (C=O) groups is 3. The van der Waals surface area contributed by atoms with Gasteiger partial charge in [0.25, 0.3) is 5.85 Å². The maximum atomic E-state index is 15.7. The molecule has 1 saturated heterocycles. The summed E-state index contributed by atoms with van der Waals surface area (Å²) < 4.78 is 66.9. The molecule has 1 amide bonds. The molecule has 2 aliphatic rings. The fraction of sp³-hybridized carbons (Fsp3) is 0.750. The van der Waals surface area contributed by atoms with E-state index < -0.39 is 88.6 Å². The number of ether oxygens (including phenoxy) is 5. The Morgan fingerprint density at radius 1 is 1.10 bits per heavy atom. The molecule has 0 bridgehead atoms. The van der Waals surface area contributed by atoms with Gasteiger partial charge < -0.3 is 49.2 Å². The molecule has 2 aliphatic heterocycles. The molecule has 0 aromatic rings. The van der Waals surface area contributed by atoms with Crippen LogP contribution in [0.4, 0.5) is 14.0 Å². The zero-order valence-electron chi connectivity index (χ0n) is 21.7. The summed E-state index contributed by atoms with van der Waals surface area (Å²) in [5, 5.41) is 33.4. The fourth-order valence-corrected chi connectivity index (χ4v) is 4.04. The highest BCUT2D eigenvalue weighted by Gasteiger charge is 2.65. The molecule has 0 aliphatic carbocycles. The van der Waals surface area contributed by atoms with Crippen LogP contribution in [0.5, 0.6) is 0 Å². The molecule has 2 rings (SSSR count). The number of halogens is 1. The van der Waals surface area contributed by atoms with Crippen molar-refractivity contribution in [1.29, 1.82) is 0 Å². The molecule has 39 heavy (non-hydrogen) atoms. The number of rotatable bonds is 12. The molecular weight excluding hydrogens is 558 g/mol. The van der Waals surface area contributed by atoms with Crippen LogP contribution in [-0.2, 0) is 46.6 Å². The van der Waals surface area contributed by atoms with Crippen molar-refractivity contribution in [2.24, 2.45) is 0 Å². The second-order valence-corrected chi connectivity index (χ2v) is 10.5. The number of phosphoric ester groups is 1. The van der Waals surface area contributed by atoms with Gasteiger partial charge >= 0.3 is 20.1 Å². The number of hydrogen-bond acceptors (Lipinski definition) is 16. The lowest BCUT2D eigenvalue weighted by Crippen LogP contribution is -2.59. The highest BCUT2D eigenvalue weighted by Crippen LogP contribution is 2.52. The maximum absolute atomic E-state index is 15.7. The molecule has 2 heterocycles. The summed E-state index contributed by atoms with van der Waals surface area (Å²) in [5.74, 6) is -4.00. The van der Waals surface area contributed by atoms with E-state index in [1.165, 1.54) is 27.7 Å². The van der Waals surface area contributed by atoms with Gasteiger partial charge in [0.1, 0.15) is 18.3 Å². The lowest BCUT2D eigenvalue weighted by Gasteiger charge is -2.38. The molecule has 4 N–H and O–H groups in total. The molecule has 0 radical (unpaired) electrons. The summed E-state index contributed by atoms with van der Waals surface area (Å²) in [4.78, 5) is 35.2. The quantitative estimate of drug-likeness (QED) is 0.138. The Kier molecular flexibility index (Phi) is 11.0. The Bertz CT molecular complexity index is 931. The topological polar surface area (TPSA) is 218 Å². The summed E-state index contributed by atoms with van der Waals surface area (Å²) in [5.41, 5.74) is -2.43. The minimum Gasteiger partial charge on any atom is -0.432 e. The van der Waals surface area contributed by atoms with Gasteiger partial charge in [0.15, 0.2) is 6.23 Å². The van der Waals surface area contributed by atoms with Crippen LogP contribution in [-0.4, -0.2) is 101 Å². The van der Waals surface area contributed by atoms with Gasteiger partial charge in [0.05, 0.1) is 12.2 Å². The number of alkyl halides is 1. The molecule has 1 unspecified atom stereocenters. The van der Waals surface area contributed by atoms with E-state index in [0.29, 0.717) is 0 Å². The first kappa shape index (κ1) is 32.6. The SMILES string of the molecule is CC(C)OC(=O)OCOP(=O)(OCOC(=O)OC(C)C)OC[C@@]1(F)O[C@@H](N2C=CC(=O)NC2O)[C@](C)(O)[C@@H]1O. The summed E-state index contributed by atoms with van der Waals surface area (Å²) in [7, 11) is -4.95. The van der Waals surface area contributed by atoms with Gasteiger partial charge in [0, 0.05) is 12.3 Å². The third-order valence-electron chi connectivity index (χ3n) is 4.85. The highest BCUT2D eigenvalue weighted by atomic mass is 31.2. The van der Waals surface area contributed by atoms with Gasteiger partial charge in [-0.05, 0) is 34.6 Å². The number of hydrogen-bond donors (Lipinski definition) is 4. The predicted octanol–water partition coefficient (Wildman–Crippen LogP) is 0.538. The van der Waals surface area contributed by atoms with Gasteiger partial charge in [-0.2, -0.15) is 0 Å². The standard InChI is InChI=1S/C20H32FN2O15P/c1-11(2)36-17(27)31-9-34-39(30,35-10-32-18(28)37-12(3)4)33-8-20(21)14(25)19(5,29)15(38-20)23-7-6-13(24)22-16(23)26/h6-7,11-12,14-16,25-26,29H,8-10H2,1-5H3,(H,22,24)/t14-,15+,16?,19+,20+/m0/s1. The Balaban J connectivity index is 2.12. The first-order valence-corrected chi connectivity index (χ1v) is 12.9. The van der Waals surface area contributed by atoms with E-state index in [0.717, 1.165) is 24.1 Å². The van der Waals surface area contributed by atoms with E-state index in [1.807, 2.05) is 0 Å². The van der Waals surface area contributed by atoms with Crippen molar-refractivity contribution in [3.63, 3.8) is 0 Å². The molecule has 19 heteroatoms. The van der Waals surface area contributed by atoms with Gasteiger partial charge in [-0.3, -0.25) is 9.32 Å². The van der Waals surface area contributed by atoms with Crippen molar-refractivity contribution in [3.8, 4) is 0 Å². The number of nitrogens with zero attached hydrogens (tertiary/aromatic N) is 1. The second kappa shape index (κ2) is 13.2. The summed E-state index contributed by atoms with van der Waals surface area (Å²) >= 11 is 0. The van der Waals surface area contributed by atoms with Gasteiger partial charge in [-0.1, -0.05) is 0 Å². The van der Waals surface area contributed by atoms with E-state index in [4.69, 9.17) is 27.8 Å². The average molecular weight is 590 g/mol. The Hall–Kier alpha value is -2.57. The minimum absolute atomic E-state index is 0.563. The van der Waals surface area contributed by atoms with Gasteiger partial charge in [-0.25, -0.2) is 27.6 Å². The van der Waals surface area contributed by atoms with Crippen LogP contribution in [0.3, 0.4) is 0 Å². The van der Waals surface area contributed by atoms with Crippen LogP contribution < -0.4 is 5.32 Å². The summed E-state index contributed by atoms with van der Waals surface area (Å²) in [6.07, 6.45) is -7.57.